The second-order valence-electron chi connectivity index (χ2n) is 6.83. The molecule has 1 saturated carbocycles. The van der Waals surface area contributed by atoms with E-state index in [1.165, 1.54) is 0 Å². The van der Waals surface area contributed by atoms with Crippen molar-refractivity contribution < 1.29 is 9.47 Å². The molecular weight excluding hydrogens is 228 g/mol. The Labute approximate surface area is 110 Å². The van der Waals surface area contributed by atoms with Crippen molar-refractivity contribution in [3.8, 4) is 0 Å². The van der Waals surface area contributed by atoms with Gasteiger partial charge < -0.3 is 15.2 Å². The largest absolute Gasteiger partial charge is 0.380 e. The lowest BCUT2D eigenvalue weighted by Crippen LogP contribution is -2.78. The van der Waals surface area contributed by atoms with Crippen LogP contribution in [0.25, 0.3) is 0 Å². The molecule has 0 aromatic heterocycles. The highest BCUT2D eigenvalue weighted by Crippen LogP contribution is 2.58. The van der Waals surface area contributed by atoms with Crippen LogP contribution < -0.4 is 5.73 Å². The summed E-state index contributed by atoms with van der Waals surface area (Å²) in [5.74, 6) is 0.550. The van der Waals surface area contributed by atoms with Crippen LogP contribution in [0.1, 0.15) is 26.7 Å². The average Bonchev–Trinajstić information content (AvgIpc) is 2.96. The topological polar surface area (TPSA) is 47.7 Å². The molecule has 3 rings (SSSR count). The Bertz CT molecular complexity index is 334. The standard InChI is InChI=1S/C14H26N2O2/c1-13(2)12-11(5-7-18-12)14(13,15)9-16-6-4-10(8-16)17-3/h10-12H,4-9,15H2,1-3H3. The van der Waals surface area contributed by atoms with E-state index in [1.54, 1.807) is 7.11 Å². The quantitative estimate of drug-likeness (QED) is 0.811. The van der Waals surface area contributed by atoms with Crippen molar-refractivity contribution in [2.75, 3.05) is 33.4 Å². The van der Waals surface area contributed by atoms with Gasteiger partial charge in [0.25, 0.3) is 0 Å². The molecule has 0 aromatic rings. The Morgan fingerprint density at radius 2 is 2.17 bits per heavy atom. The Morgan fingerprint density at radius 3 is 2.83 bits per heavy atom. The monoisotopic (exact) mass is 254 g/mol. The highest BCUT2D eigenvalue weighted by Gasteiger charge is 2.67. The number of hydrogen-bond donors (Lipinski definition) is 1. The van der Waals surface area contributed by atoms with Gasteiger partial charge in [-0.2, -0.15) is 0 Å². The summed E-state index contributed by atoms with van der Waals surface area (Å²) in [6.07, 6.45) is 3.04. The zero-order valence-corrected chi connectivity index (χ0v) is 11.8. The van der Waals surface area contributed by atoms with Gasteiger partial charge in [0.1, 0.15) is 0 Å². The molecule has 4 heteroatoms. The van der Waals surface area contributed by atoms with E-state index in [2.05, 4.69) is 18.7 Å². The first-order valence-electron chi connectivity index (χ1n) is 7.14. The van der Waals surface area contributed by atoms with Crippen molar-refractivity contribution in [1.82, 2.24) is 4.90 Å². The molecule has 1 aliphatic carbocycles. The van der Waals surface area contributed by atoms with Crippen LogP contribution >= 0.6 is 0 Å². The Balaban J connectivity index is 1.68. The van der Waals surface area contributed by atoms with Gasteiger partial charge in [-0.3, -0.25) is 4.90 Å². The van der Waals surface area contributed by atoms with Crippen LogP contribution in [0.5, 0.6) is 0 Å². The van der Waals surface area contributed by atoms with E-state index in [-0.39, 0.29) is 11.0 Å². The van der Waals surface area contributed by atoms with Gasteiger partial charge in [-0.25, -0.2) is 0 Å². The van der Waals surface area contributed by atoms with Crippen LogP contribution in [0.2, 0.25) is 0 Å². The molecule has 2 saturated heterocycles. The number of methoxy groups -OCH3 is 1. The number of nitrogens with two attached hydrogens (primary N) is 1. The van der Waals surface area contributed by atoms with Crippen molar-refractivity contribution in [1.29, 1.82) is 0 Å². The maximum absolute atomic E-state index is 6.77. The van der Waals surface area contributed by atoms with Crippen molar-refractivity contribution in [3.05, 3.63) is 0 Å². The van der Waals surface area contributed by atoms with Gasteiger partial charge in [-0.1, -0.05) is 13.8 Å². The lowest BCUT2D eigenvalue weighted by molar-refractivity contribution is -0.162. The van der Waals surface area contributed by atoms with E-state index in [9.17, 15) is 0 Å². The fraction of sp³-hybridized carbons (Fsp3) is 1.00. The minimum atomic E-state index is -0.0865. The van der Waals surface area contributed by atoms with Crippen LogP contribution in [0, 0.1) is 11.3 Å². The number of likely N-dealkylation sites (tertiary alicyclic amines) is 1. The molecule has 4 atom stereocenters. The van der Waals surface area contributed by atoms with Crippen molar-refractivity contribution >= 4 is 0 Å². The molecule has 4 unspecified atom stereocenters. The summed E-state index contributed by atoms with van der Waals surface area (Å²) in [4.78, 5) is 2.48. The van der Waals surface area contributed by atoms with E-state index >= 15 is 0 Å². The minimum absolute atomic E-state index is 0.0865. The zero-order valence-electron chi connectivity index (χ0n) is 11.8. The fourth-order valence-electron chi connectivity index (χ4n) is 4.30. The zero-order chi connectivity index (χ0) is 13.0. The second-order valence-corrected chi connectivity index (χ2v) is 6.83. The predicted octanol–water partition coefficient (Wildman–Crippen LogP) is 0.849. The lowest BCUT2D eigenvalue weighted by Gasteiger charge is -2.63. The molecule has 18 heavy (non-hydrogen) atoms. The van der Waals surface area contributed by atoms with Gasteiger partial charge in [0.2, 0.25) is 0 Å². The van der Waals surface area contributed by atoms with E-state index in [4.69, 9.17) is 15.2 Å². The van der Waals surface area contributed by atoms with Gasteiger partial charge in [0, 0.05) is 50.2 Å². The van der Waals surface area contributed by atoms with E-state index in [0.717, 1.165) is 39.1 Å². The third-order valence-corrected chi connectivity index (χ3v) is 5.71. The summed E-state index contributed by atoms with van der Waals surface area (Å²) in [6.45, 7) is 8.56. The molecule has 0 amide bonds. The maximum atomic E-state index is 6.77. The molecule has 2 aliphatic heterocycles. The molecule has 3 aliphatic rings. The lowest BCUT2D eigenvalue weighted by atomic mass is 9.48. The molecule has 4 nitrogen and oxygen atoms in total. The predicted molar refractivity (Wildman–Crippen MR) is 70.4 cm³/mol. The molecule has 3 fully saturated rings. The smallest absolute Gasteiger partial charge is 0.0710 e. The van der Waals surface area contributed by atoms with Gasteiger partial charge in [0.05, 0.1) is 12.2 Å². The summed E-state index contributed by atoms with van der Waals surface area (Å²) < 4.78 is 11.3. The number of rotatable bonds is 3. The molecule has 0 radical (unpaired) electrons. The Morgan fingerprint density at radius 1 is 1.39 bits per heavy atom. The van der Waals surface area contributed by atoms with Gasteiger partial charge in [-0.15, -0.1) is 0 Å². The first kappa shape index (κ1) is 12.9. The molecule has 104 valence electrons. The summed E-state index contributed by atoms with van der Waals surface area (Å²) in [5, 5.41) is 0. The highest BCUT2D eigenvalue weighted by atomic mass is 16.5. The first-order chi connectivity index (χ1) is 8.49. The van der Waals surface area contributed by atoms with E-state index in [0.29, 0.717) is 18.1 Å². The first-order valence-corrected chi connectivity index (χ1v) is 7.14. The number of ether oxygens (including phenoxy) is 2. The van der Waals surface area contributed by atoms with Crippen LogP contribution in [-0.2, 0) is 9.47 Å². The molecule has 0 aromatic carbocycles. The summed E-state index contributed by atoms with van der Waals surface area (Å²) >= 11 is 0. The van der Waals surface area contributed by atoms with Crippen LogP contribution in [0.4, 0.5) is 0 Å². The molecule has 0 spiro atoms. The molecule has 2 heterocycles. The van der Waals surface area contributed by atoms with Crippen LogP contribution in [-0.4, -0.2) is 56.0 Å². The summed E-state index contributed by atoms with van der Waals surface area (Å²) in [5.41, 5.74) is 6.78. The number of fused-ring (bicyclic) bond motifs is 1. The number of nitrogens with zero attached hydrogens (tertiary/aromatic N) is 1. The molecule has 0 bridgehead atoms. The molecule has 2 N–H and O–H groups in total. The van der Waals surface area contributed by atoms with Gasteiger partial charge >= 0.3 is 0 Å². The van der Waals surface area contributed by atoms with Crippen molar-refractivity contribution in [2.24, 2.45) is 17.1 Å². The van der Waals surface area contributed by atoms with Gasteiger partial charge in [0.15, 0.2) is 0 Å². The average molecular weight is 254 g/mol. The third-order valence-electron chi connectivity index (χ3n) is 5.71. The van der Waals surface area contributed by atoms with Crippen LogP contribution in [0.15, 0.2) is 0 Å². The normalized spacial score (nSPS) is 47.0. The summed E-state index contributed by atoms with van der Waals surface area (Å²) in [7, 11) is 1.81. The molecular formula is C14H26N2O2. The minimum Gasteiger partial charge on any atom is -0.380 e. The van der Waals surface area contributed by atoms with Crippen molar-refractivity contribution in [3.63, 3.8) is 0 Å². The van der Waals surface area contributed by atoms with E-state index in [1.807, 2.05) is 0 Å². The number of hydrogen-bond acceptors (Lipinski definition) is 4. The van der Waals surface area contributed by atoms with Gasteiger partial charge in [-0.05, 0) is 12.8 Å². The second kappa shape index (κ2) is 4.17. The van der Waals surface area contributed by atoms with Crippen LogP contribution in [0.3, 0.4) is 0 Å². The SMILES string of the molecule is COC1CCN(CC2(N)C3CCOC3C2(C)C)C1. The highest BCUT2D eigenvalue weighted by molar-refractivity contribution is 5.21. The Kier molecular flexibility index (Phi) is 2.98. The van der Waals surface area contributed by atoms with Crippen molar-refractivity contribution in [2.45, 2.75) is 44.4 Å². The maximum Gasteiger partial charge on any atom is 0.0710 e. The summed E-state index contributed by atoms with van der Waals surface area (Å²) in [6, 6.07) is 0. The fourth-order valence-corrected chi connectivity index (χ4v) is 4.30. The third kappa shape index (κ3) is 1.59. The van der Waals surface area contributed by atoms with E-state index < -0.39 is 0 Å². The Hall–Kier alpha value is -0.160.